The number of nitrogens with zero attached hydrogens (tertiary/aromatic N) is 2. The molecule has 126 valence electrons. The highest BCUT2D eigenvalue weighted by Gasteiger charge is 2.28. The second kappa shape index (κ2) is 9.09. The number of rotatable bonds is 9. The second-order valence-corrected chi connectivity index (χ2v) is 7.15. The van der Waals surface area contributed by atoms with Gasteiger partial charge < -0.3 is 15.3 Å². The summed E-state index contributed by atoms with van der Waals surface area (Å²) in [5.41, 5.74) is 0.0592. The van der Waals surface area contributed by atoms with Crippen molar-refractivity contribution < 1.29 is 5.11 Å². The summed E-state index contributed by atoms with van der Waals surface area (Å²) in [6.07, 6.45) is 2.07. The number of likely N-dealkylation sites (N-methyl/N-ethyl adjacent to an activating group) is 1. The Labute approximate surface area is 131 Å². The number of hydrogen-bond donors (Lipinski definition) is 2. The Hall–Kier alpha value is -0.160. The first-order valence-electron chi connectivity index (χ1n) is 8.72. The lowest BCUT2D eigenvalue weighted by atomic mass is 9.83. The Morgan fingerprint density at radius 2 is 1.67 bits per heavy atom. The highest BCUT2D eigenvalue weighted by atomic mass is 16.3. The van der Waals surface area contributed by atoms with Gasteiger partial charge in [-0.1, -0.05) is 27.7 Å². The van der Waals surface area contributed by atoms with Crippen LogP contribution in [0, 0.1) is 11.3 Å². The highest BCUT2D eigenvalue weighted by molar-refractivity contribution is 4.84. The molecule has 0 radical (unpaired) electrons. The SMILES string of the molecule is CCC(CC)(CO)CNCC(C(C)C)N1CCN(C)CC1. The molecule has 0 aliphatic carbocycles. The van der Waals surface area contributed by atoms with E-state index in [1.165, 1.54) is 26.2 Å². The molecular weight excluding hydrogens is 262 g/mol. The van der Waals surface area contributed by atoms with Crippen LogP contribution >= 0.6 is 0 Å². The molecule has 1 heterocycles. The fourth-order valence-corrected chi connectivity index (χ4v) is 3.20. The van der Waals surface area contributed by atoms with Crippen LogP contribution in [0.2, 0.25) is 0 Å². The standard InChI is InChI=1S/C17H37N3O/c1-6-17(7-2,14-21)13-18-12-16(15(3)4)20-10-8-19(5)9-11-20/h15-16,18,21H,6-14H2,1-5H3. The van der Waals surface area contributed by atoms with Gasteiger partial charge in [-0.3, -0.25) is 4.90 Å². The van der Waals surface area contributed by atoms with Crippen molar-refractivity contribution in [2.24, 2.45) is 11.3 Å². The molecule has 0 aromatic rings. The molecule has 1 atom stereocenters. The predicted molar refractivity (Wildman–Crippen MR) is 90.7 cm³/mol. The number of nitrogens with one attached hydrogen (secondary N) is 1. The van der Waals surface area contributed by atoms with E-state index >= 15 is 0 Å². The molecule has 1 aliphatic rings. The Morgan fingerprint density at radius 1 is 1.10 bits per heavy atom. The molecule has 2 N–H and O–H groups in total. The van der Waals surface area contributed by atoms with Crippen LogP contribution in [-0.4, -0.2) is 73.9 Å². The molecule has 1 unspecified atom stereocenters. The van der Waals surface area contributed by atoms with Gasteiger partial charge in [0.25, 0.3) is 0 Å². The summed E-state index contributed by atoms with van der Waals surface area (Å²) < 4.78 is 0. The third-order valence-corrected chi connectivity index (χ3v) is 5.47. The first-order valence-corrected chi connectivity index (χ1v) is 8.72. The zero-order chi connectivity index (χ0) is 15.9. The fraction of sp³-hybridized carbons (Fsp3) is 1.00. The topological polar surface area (TPSA) is 38.7 Å². The van der Waals surface area contributed by atoms with Crippen molar-refractivity contribution in [2.75, 3.05) is 52.9 Å². The van der Waals surface area contributed by atoms with Gasteiger partial charge in [0.2, 0.25) is 0 Å². The summed E-state index contributed by atoms with van der Waals surface area (Å²) in [6, 6.07) is 0.601. The molecule has 4 heteroatoms. The molecule has 21 heavy (non-hydrogen) atoms. The van der Waals surface area contributed by atoms with Crippen LogP contribution in [0.15, 0.2) is 0 Å². The van der Waals surface area contributed by atoms with Crippen molar-refractivity contribution in [1.82, 2.24) is 15.1 Å². The van der Waals surface area contributed by atoms with Gasteiger partial charge in [-0.2, -0.15) is 0 Å². The van der Waals surface area contributed by atoms with Crippen molar-refractivity contribution in [3.63, 3.8) is 0 Å². The Kier molecular flexibility index (Phi) is 8.17. The van der Waals surface area contributed by atoms with Crippen LogP contribution in [0.4, 0.5) is 0 Å². The maximum atomic E-state index is 9.67. The number of piperazine rings is 1. The van der Waals surface area contributed by atoms with E-state index in [0.29, 0.717) is 12.0 Å². The molecular formula is C17H37N3O. The van der Waals surface area contributed by atoms with E-state index in [1.807, 2.05) is 0 Å². The van der Waals surface area contributed by atoms with Gasteiger partial charge in [0.15, 0.2) is 0 Å². The molecule has 1 fully saturated rings. The average Bonchev–Trinajstić information content (AvgIpc) is 2.49. The molecule has 4 nitrogen and oxygen atoms in total. The average molecular weight is 300 g/mol. The van der Waals surface area contributed by atoms with Crippen LogP contribution < -0.4 is 5.32 Å². The summed E-state index contributed by atoms with van der Waals surface area (Å²) in [6.45, 7) is 15.9. The summed E-state index contributed by atoms with van der Waals surface area (Å²) in [5, 5.41) is 13.3. The van der Waals surface area contributed by atoms with Gasteiger partial charge in [0.1, 0.15) is 0 Å². The third-order valence-electron chi connectivity index (χ3n) is 5.47. The van der Waals surface area contributed by atoms with Crippen molar-refractivity contribution >= 4 is 0 Å². The minimum atomic E-state index is 0.0592. The molecule has 1 rings (SSSR count). The number of hydrogen-bond acceptors (Lipinski definition) is 4. The van der Waals surface area contributed by atoms with Gasteiger partial charge in [-0.05, 0) is 25.8 Å². The van der Waals surface area contributed by atoms with Crippen LogP contribution in [0.3, 0.4) is 0 Å². The van der Waals surface area contributed by atoms with E-state index in [0.717, 1.165) is 25.9 Å². The van der Waals surface area contributed by atoms with Gasteiger partial charge in [-0.25, -0.2) is 0 Å². The molecule has 0 amide bonds. The van der Waals surface area contributed by atoms with Gasteiger partial charge in [0, 0.05) is 57.3 Å². The lowest BCUT2D eigenvalue weighted by molar-refractivity contribution is 0.0780. The first kappa shape index (κ1) is 18.9. The lowest BCUT2D eigenvalue weighted by Crippen LogP contribution is -2.54. The third kappa shape index (κ3) is 5.51. The molecule has 0 aromatic heterocycles. The van der Waals surface area contributed by atoms with Crippen molar-refractivity contribution in [1.29, 1.82) is 0 Å². The minimum Gasteiger partial charge on any atom is -0.396 e. The van der Waals surface area contributed by atoms with E-state index in [2.05, 4.69) is 49.9 Å². The summed E-state index contributed by atoms with van der Waals surface area (Å²) in [5.74, 6) is 0.660. The zero-order valence-corrected chi connectivity index (χ0v) is 14.9. The first-order chi connectivity index (χ1) is 9.98. The monoisotopic (exact) mass is 299 g/mol. The smallest absolute Gasteiger partial charge is 0.0499 e. The Bertz CT molecular complexity index is 263. The highest BCUT2D eigenvalue weighted by Crippen LogP contribution is 2.24. The van der Waals surface area contributed by atoms with Crippen molar-refractivity contribution in [3.8, 4) is 0 Å². The van der Waals surface area contributed by atoms with E-state index in [-0.39, 0.29) is 12.0 Å². The van der Waals surface area contributed by atoms with Gasteiger partial charge in [0.05, 0.1) is 0 Å². The zero-order valence-electron chi connectivity index (χ0n) is 14.9. The van der Waals surface area contributed by atoms with Crippen molar-refractivity contribution in [2.45, 2.75) is 46.6 Å². The fourth-order valence-electron chi connectivity index (χ4n) is 3.20. The Balaban J connectivity index is 2.48. The van der Waals surface area contributed by atoms with Crippen LogP contribution in [0.25, 0.3) is 0 Å². The maximum Gasteiger partial charge on any atom is 0.0499 e. The second-order valence-electron chi connectivity index (χ2n) is 7.15. The Morgan fingerprint density at radius 3 is 2.10 bits per heavy atom. The van der Waals surface area contributed by atoms with Crippen LogP contribution in [-0.2, 0) is 0 Å². The molecule has 0 spiro atoms. The minimum absolute atomic E-state index is 0.0592. The lowest BCUT2D eigenvalue weighted by Gasteiger charge is -2.40. The van der Waals surface area contributed by atoms with Crippen LogP contribution in [0.1, 0.15) is 40.5 Å². The summed E-state index contributed by atoms with van der Waals surface area (Å²) in [7, 11) is 2.21. The maximum absolute atomic E-state index is 9.67. The molecule has 1 saturated heterocycles. The molecule has 0 bridgehead atoms. The van der Waals surface area contributed by atoms with E-state index in [1.54, 1.807) is 0 Å². The van der Waals surface area contributed by atoms with Crippen molar-refractivity contribution in [3.05, 3.63) is 0 Å². The van der Waals surface area contributed by atoms with Gasteiger partial charge in [-0.15, -0.1) is 0 Å². The molecule has 0 saturated carbocycles. The van der Waals surface area contributed by atoms with E-state index in [4.69, 9.17) is 0 Å². The summed E-state index contributed by atoms with van der Waals surface area (Å²) >= 11 is 0. The van der Waals surface area contributed by atoms with E-state index in [9.17, 15) is 5.11 Å². The predicted octanol–water partition coefficient (Wildman–Crippen LogP) is 1.65. The molecule has 1 aliphatic heterocycles. The molecule has 0 aromatic carbocycles. The number of aliphatic hydroxyl groups excluding tert-OH is 1. The normalized spacial score (nSPS) is 20.1. The number of aliphatic hydroxyl groups is 1. The van der Waals surface area contributed by atoms with Crippen LogP contribution in [0.5, 0.6) is 0 Å². The quantitative estimate of drug-likeness (QED) is 0.679. The summed E-state index contributed by atoms with van der Waals surface area (Å²) in [4.78, 5) is 5.04. The largest absolute Gasteiger partial charge is 0.396 e. The van der Waals surface area contributed by atoms with E-state index < -0.39 is 0 Å². The van der Waals surface area contributed by atoms with Gasteiger partial charge >= 0.3 is 0 Å².